The lowest BCUT2D eigenvalue weighted by Gasteiger charge is -2.17. The number of methoxy groups -OCH3 is 1. The highest BCUT2D eigenvalue weighted by Gasteiger charge is 2.30. The summed E-state index contributed by atoms with van der Waals surface area (Å²) in [5.74, 6) is 0.172. The minimum absolute atomic E-state index is 0.153. The molecule has 1 amide bonds. The Hall–Kier alpha value is -2.74. The second-order valence-corrected chi connectivity index (χ2v) is 5.93. The summed E-state index contributed by atoms with van der Waals surface area (Å²) in [5.41, 5.74) is 1.42. The van der Waals surface area contributed by atoms with E-state index in [9.17, 15) is 18.0 Å². The largest absolute Gasteiger partial charge is 0.573 e. The molecule has 0 unspecified atom stereocenters. The minimum atomic E-state index is -4.70. The first-order chi connectivity index (χ1) is 12.8. The molecule has 1 N–H and O–H groups in total. The number of halogens is 3. The van der Waals surface area contributed by atoms with E-state index in [0.29, 0.717) is 24.5 Å². The molecule has 0 aliphatic carbocycles. The summed E-state index contributed by atoms with van der Waals surface area (Å²) in [7, 11) is 3.36. The van der Waals surface area contributed by atoms with Gasteiger partial charge in [0.25, 0.3) is 0 Å². The standard InChI is InChI=1S/C19H21F3N2O3/c1-24(13-14-7-9-15(10-8-14)27-19(20,21)22)12-11-18(25)23-16-5-3-4-6-17(16)26-2/h3-10H,11-13H2,1-2H3,(H,23,25). The minimum Gasteiger partial charge on any atom is -0.495 e. The lowest BCUT2D eigenvalue weighted by molar-refractivity contribution is -0.274. The average molecular weight is 382 g/mol. The van der Waals surface area contributed by atoms with E-state index in [4.69, 9.17) is 4.74 Å². The van der Waals surface area contributed by atoms with Gasteiger partial charge < -0.3 is 19.7 Å². The van der Waals surface area contributed by atoms with E-state index < -0.39 is 6.36 Å². The molecule has 0 radical (unpaired) electrons. The number of nitrogens with one attached hydrogen (secondary N) is 1. The van der Waals surface area contributed by atoms with Crippen molar-refractivity contribution in [3.63, 3.8) is 0 Å². The molecule has 2 aromatic rings. The molecule has 27 heavy (non-hydrogen) atoms. The Morgan fingerprint density at radius 2 is 1.78 bits per heavy atom. The molecule has 2 aromatic carbocycles. The van der Waals surface area contributed by atoms with Crippen molar-refractivity contribution in [2.45, 2.75) is 19.3 Å². The first-order valence-corrected chi connectivity index (χ1v) is 8.23. The third-order valence-corrected chi connectivity index (χ3v) is 3.71. The summed E-state index contributed by atoms with van der Waals surface area (Å²) in [6.45, 7) is 0.982. The van der Waals surface area contributed by atoms with Crippen LogP contribution in [-0.2, 0) is 11.3 Å². The number of hydrogen-bond acceptors (Lipinski definition) is 4. The third kappa shape index (κ3) is 7.18. The van der Waals surface area contributed by atoms with Crippen LogP contribution in [0.25, 0.3) is 0 Å². The highest BCUT2D eigenvalue weighted by atomic mass is 19.4. The molecule has 0 bridgehead atoms. The predicted octanol–water partition coefficient (Wildman–Crippen LogP) is 4.05. The van der Waals surface area contributed by atoms with E-state index in [1.54, 1.807) is 30.3 Å². The molecule has 0 spiro atoms. The molecule has 0 heterocycles. The van der Waals surface area contributed by atoms with Gasteiger partial charge in [-0.2, -0.15) is 0 Å². The van der Waals surface area contributed by atoms with Crippen molar-refractivity contribution in [2.24, 2.45) is 0 Å². The van der Waals surface area contributed by atoms with Crippen molar-refractivity contribution in [1.82, 2.24) is 4.90 Å². The van der Waals surface area contributed by atoms with Gasteiger partial charge in [0.15, 0.2) is 0 Å². The molecule has 8 heteroatoms. The van der Waals surface area contributed by atoms with Gasteiger partial charge in [0.2, 0.25) is 5.91 Å². The van der Waals surface area contributed by atoms with Gasteiger partial charge in [-0.25, -0.2) is 0 Å². The molecular weight excluding hydrogens is 361 g/mol. The predicted molar refractivity (Wildman–Crippen MR) is 95.7 cm³/mol. The first-order valence-electron chi connectivity index (χ1n) is 8.23. The Morgan fingerprint density at radius 1 is 1.11 bits per heavy atom. The number of benzene rings is 2. The van der Waals surface area contributed by atoms with Crippen molar-refractivity contribution >= 4 is 11.6 Å². The summed E-state index contributed by atoms with van der Waals surface area (Å²) < 4.78 is 45.5. The lowest BCUT2D eigenvalue weighted by Crippen LogP contribution is -2.24. The summed E-state index contributed by atoms with van der Waals surface area (Å²) >= 11 is 0. The number of para-hydroxylation sites is 2. The average Bonchev–Trinajstić information content (AvgIpc) is 2.61. The number of hydrogen-bond donors (Lipinski definition) is 1. The van der Waals surface area contributed by atoms with Crippen LogP contribution in [0.4, 0.5) is 18.9 Å². The highest BCUT2D eigenvalue weighted by molar-refractivity contribution is 5.92. The molecule has 0 aliphatic heterocycles. The third-order valence-electron chi connectivity index (χ3n) is 3.71. The second-order valence-electron chi connectivity index (χ2n) is 5.93. The van der Waals surface area contributed by atoms with E-state index in [1.165, 1.54) is 19.2 Å². The van der Waals surface area contributed by atoms with Crippen LogP contribution < -0.4 is 14.8 Å². The Balaban J connectivity index is 1.80. The normalized spacial score (nSPS) is 11.3. The molecule has 0 aromatic heterocycles. The van der Waals surface area contributed by atoms with Crippen LogP contribution in [0.15, 0.2) is 48.5 Å². The van der Waals surface area contributed by atoms with Gasteiger partial charge in [0, 0.05) is 19.5 Å². The van der Waals surface area contributed by atoms with Crippen LogP contribution in [0, 0.1) is 0 Å². The number of carbonyl (C=O) groups excluding carboxylic acids is 1. The van der Waals surface area contributed by atoms with E-state index >= 15 is 0 Å². The number of amides is 1. The number of nitrogens with zero attached hydrogens (tertiary/aromatic N) is 1. The number of ether oxygens (including phenoxy) is 2. The molecule has 0 atom stereocenters. The zero-order valence-corrected chi connectivity index (χ0v) is 15.0. The topological polar surface area (TPSA) is 50.8 Å². The maximum atomic E-state index is 12.2. The quantitative estimate of drug-likeness (QED) is 0.748. The molecule has 0 saturated carbocycles. The summed E-state index contributed by atoms with van der Waals surface area (Å²) in [6, 6.07) is 12.8. The Morgan fingerprint density at radius 3 is 2.41 bits per heavy atom. The zero-order valence-electron chi connectivity index (χ0n) is 15.0. The molecule has 146 valence electrons. The van der Waals surface area contributed by atoms with Crippen molar-refractivity contribution in [1.29, 1.82) is 0 Å². The number of anilines is 1. The van der Waals surface area contributed by atoms with E-state index in [0.717, 1.165) is 5.56 Å². The van der Waals surface area contributed by atoms with Crippen molar-refractivity contribution in [3.05, 3.63) is 54.1 Å². The van der Waals surface area contributed by atoms with Crippen LogP contribution in [0.1, 0.15) is 12.0 Å². The van der Waals surface area contributed by atoms with Gasteiger partial charge in [-0.3, -0.25) is 4.79 Å². The fourth-order valence-electron chi connectivity index (χ4n) is 2.44. The van der Waals surface area contributed by atoms with Gasteiger partial charge in [0.1, 0.15) is 11.5 Å². The van der Waals surface area contributed by atoms with Crippen LogP contribution in [0.5, 0.6) is 11.5 Å². The van der Waals surface area contributed by atoms with Gasteiger partial charge >= 0.3 is 6.36 Å². The summed E-state index contributed by atoms with van der Waals surface area (Å²) in [6.07, 6.45) is -4.43. The van der Waals surface area contributed by atoms with Crippen LogP contribution in [-0.4, -0.2) is 37.9 Å². The summed E-state index contributed by atoms with van der Waals surface area (Å²) in [5, 5.41) is 2.80. The van der Waals surface area contributed by atoms with E-state index in [1.807, 2.05) is 18.0 Å². The number of alkyl halides is 3. The number of carbonyl (C=O) groups is 1. The molecule has 2 rings (SSSR count). The fraction of sp³-hybridized carbons (Fsp3) is 0.316. The lowest BCUT2D eigenvalue weighted by atomic mass is 10.2. The fourth-order valence-corrected chi connectivity index (χ4v) is 2.44. The van der Waals surface area contributed by atoms with Crippen LogP contribution in [0.2, 0.25) is 0 Å². The number of rotatable bonds is 8. The Kier molecular flexibility index (Phi) is 7.06. The van der Waals surface area contributed by atoms with Gasteiger partial charge in [0.05, 0.1) is 12.8 Å². The maximum Gasteiger partial charge on any atom is 0.573 e. The van der Waals surface area contributed by atoms with Crippen molar-refractivity contribution in [3.8, 4) is 11.5 Å². The van der Waals surface area contributed by atoms with Crippen LogP contribution >= 0.6 is 0 Å². The zero-order chi connectivity index (χ0) is 19.9. The summed E-state index contributed by atoms with van der Waals surface area (Å²) in [4.78, 5) is 14.0. The molecule has 0 saturated heterocycles. The van der Waals surface area contributed by atoms with Crippen molar-refractivity contribution < 1.29 is 27.4 Å². The van der Waals surface area contributed by atoms with Gasteiger partial charge in [-0.05, 0) is 36.9 Å². The Bertz CT molecular complexity index is 749. The van der Waals surface area contributed by atoms with E-state index in [2.05, 4.69) is 10.1 Å². The maximum absolute atomic E-state index is 12.2. The van der Waals surface area contributed by atoms with Gasteiger partial charge in [-0.15, -0.1) is 13.2 Å². The molecule has 0 aliphatic rings. The Labute approximate surface area is 155 Å². The highest BCUT2D eigenvalue weighted by Crippen LogP contribution is 2.24. The molecule has 5 nitrogen and oxygen atoms in total. The van der Waals surface area contributed by atoms with Gasteiger partial charge in [-0.1, -0.05) is 24.3 Å². The molecular formula is C19H21F3N2O3. The second kappa shape index (κ2) is 9.27. The first kappa shape index (κ1) is 20.6. The van der Waals surface area contributed by atoms with Crippen LogP contribution in [0.3, 0.4) is 0 Å². The molecule has 0 fully saturated rings. The monoisotopic (exact) mass is 382 g/mol. The smallest absolute Gasteiger partial charge is 0.495 e. The SMILES string of the molecule is COc1ccccc1NC(=O)CCN(C)Cc1ccc(OC(F)(F)F)cc1. The van der Waals surface area contributed by atoms with Crippen molar-refractivity contribution in [2.75, 3.05) is 26.0 Å². The van der Waals surface area contributed by atoms with E-state index in [-0.39, 0.29) is 18.1 Å².